The fourth-order valence-electron chi connectivity index (χ4n) is 3.95. The number of aromatic nitrogens is 1. The number of nitrogens with one attached hydrogen (secondary N) is 1. The number of methoxy groups -OCH3 is 1. The highest BCUT2D eigenvalue weighted by atomic mass is 79.9. The molecule has 2 atom stereocenters. The number of aliphatic carboxylic acids is 1. The summed E-state index contributed by atoms with van der Waals surface area (Å²) in [5.74, 6) is -1.72. The average molecular weight is 583 g/mol. The lowest BCUT2D eigenvalue weighted by Crippen LogP contribution is -2.52. The molecule has 3 heterocycles. The SMILES string of the molecule is CCOC(=O)C1=C(CN2CCOCC2C(=O)O)NC(c2ncc(OC)s2)=NC1c1ccc(F)cc1Br. The van der Waals surface area contributed by atoms with E-state index in [1.807, 2.05) is 0 Å². The molecule has 2 aromatic rings. The quantitative estimate of drug-likeness (QED) is 0.452. The van der Waals surface area contributed by atoms with E-state index in [4.69, 9.17) is 19.2 Å². The Kier molecular flexibility index (Phi) is 8.34. The van der Waals surface area contributed by atoms with Crippen LogP contribution in [-0.4, -0.2) is 78.8 Å². The molecule has 0 spiro atoms. The van der Waals surface area contributed by atoms with Gasteiger partial charge in [-0.05, 0) is 24.6 Å². The van der Waals surface area contributed by atoms with Gasteiger partial charge in [0, 0.05) is 23.3 Å². The van der Waals surface area contributed by atoms with Crippen LogP contribution in [0.15, 0.2) is 45.1 Å². The van der Waals surface area contributed by atoms with Crippen LogP contribution in [0.5, 0.6) is 5.06 Å². The van der Waals surface area contributed by atoms with E-state index in [2.05, 4.69) is 26.2 Å². The number of nitrogens with zero attached hydrogens (tertiary/aromatic N) is 3. The first-order valence-electron chi connectivity index (χ1n) is 11.1. The molecule has 1 saturated heterocycles. The number of carbonyl (C=O) groups is 2. The summed E-state index contributed by atoms with van der Waals surface area (Å²) in [7, 11) is 1.53. The largest absolute Gasteiger partial charge is 0.486 e. The van der Waals surface area contributed by atoms with Crippen LogP contribution in [0.4, 0.5) is 4.39 Å². The third-order valence-electron chi connectivity index (χ3n) is 5.65. The van der Waals surface area contributed by atoms with Gasteiger partial charge in [-0.2, -0.15) is 0 Å². The molecular formula is C23H24BrFN4O6S. The minimum Gasteiger partial charge on any atom is -0.486 e. The second kappa shape index (κ2) is 11.5. The number of esters is 1. The lowest BCUT2D eigenvalue weighted by molar-refractivity contribution is -0.149. The summed E-state index contributed by atoms with van der Waals surface area (Å²) in [6.45, 7) is 2.63. The number of carbonyl (C=O) groups excluding carboxylic acids is 1. The molecule has 1 aromatic heterocycles. The van der Waals surface area contributed by atoms with Gasteiger partial charge in [0.25, 0.3) is 0 Å². The molecule has 2 N–H and O–H groups in total. The van der Waals surface area contributed by atoms with Gasteiger partial charge in [0.1, 0.15) is 17.9 Å². The number of carboxylic acid groups (broad SMARTS) is 1. The lowest BCUT2D eigenvalue weighted by Gasteiger charge is -2.35. The Morgan fingerprint density at radius 1 is 1.42 bits per heavy atom. The number of carboxylic acids is 1. The van der Waals surface area contributed by atoms with Gasteiger partial charge in [-0.1, -0.05) is 33.3 Å². The number of benzene rings is 1. The number of hydrogen-bond acceptors (Lipinski definition) is 10. The van der Waals surface area contributed by atoms with Crippen LogP contribution >= 0.6 is 27.3 Å². The molecule has 36 heavy (non-hydrogen) atoms. The van der Waals surface area contributed by atoms with Gasteiger partial charge in [-0.15, -0.1) is 0 Å². The van der Waals surface area contributed by atoms with Crippen molar-refractivity contribution in [3.63, 3.8) is 0 Å². The number of halogens is 2. The third kappa shape index (κ3) is 5.59. The molecular weight excluding hydrogens is 559 g/mol. The van der Waals surface area contributed by atoms with Gasteiger partial charge in [0.05, 0.1) is 38.7 Å². The van der Waals surface area contributed by atoms with Crippen molar-refractivity contribution in [1.29, 1.82) is 0 Å². The summed E-state index contributed by atoms with van der Waals surface area (Å²) in [4.78, 5) is 36.0. The standard InChI is InChI=1S/C23H24BrFN4O6S/c1-3-35-23(32)18-15(10-29-6-7-34-11-16(29)22(30)31)27-20(21-26-9-17(33-2)36-21)28-19(18)13-5-4-12(25)8-14(13)24/h4-5,8-9,16,19H,3,6-7,10-11H2,1-2H3,(H,27,28)(H,30,31). The van der Waals surface area contributed by atoms with Crippen LogP contribution in [0.3, 0.4) is 0 Å². The fraction of sp³-hybridized carbons (Fsp3) is 0.391. The first-order valence-corrected chi connectivity index (χ1v) is 12.7. The van der Waals surface area contributed by atoms with Crippen molar-refractivity contribution in [2.75, 3.05) is 40.0 Å². The van der Waals surface area contributed by atoms with Crippen molar-refractivity contribution in [3.8, 4) is 5.06 Å². The zero-order valence-electron chi connectivity index (χ0n) is 19.5. The van der Waals surface area contributed by atoms with Crippen molar-refractivity contribution < 1.29 is 33.3 Å². The molecule has 192 valence electrons. The molecule has 0 bridgehead atoms. The number of ether oxygens (including phenoxy) is 3. The maximum absolute atomic E-state index is 13.9. The fourth-order valence-corrected chi connectivity index (χ4v) is 5.20. The normalized spacial score (nSPS) is 20.5. The van der Waals surface area contributed by atoms with Gasteiger partial charge in [0.2, 0.25) is 0 Å². The van der Waals surface area contributed by atoms with Gasteiger partial charge in [-0.25, -0.2) is 14.2 Å². The number of amidine groups is 1. The molecule has 4 rings (SSSR count). The van der Waals surface area contributed by atoms with Crippen LogP contribution in [0.25, 0.3) is 0 Å². The van der Waals surface area contributed by atoms with Crippen LogP contribution in [-0.2, 0) is 19.1 Å². The van der Waals surface area contributed by atoms with E-state index < -0.39 is 29.8 Å². The predicted octanol–water partition coefficient (Wildman–Crippen LogP) is 2.75. The highest BCUT2D eigenvalue weighted by Gasteiger charge is 2.37. The summed E-state index contributed by atoms with van der Waals surface area (Å²) in [5.41, 5.74) is 1.16. The molecule has 1 fully saturated rings. The second-order valence-corrected chi connectivity index (χ2v) is 9.72. The number of aliphatic imine (C=N–C) groups is 1. The maximum Gasteiger partial charge on any atom is 0.338 e. The van der Waals surface area contributed by atoms with E-state index in [1.54, 1.807) is 24.1 Å². The van der Waals surface area contributed by atoms with E-state index >= 15 is 0 Å². The van der Waals surface area contributed by atoms with Crippen molar-refractivity contribution in [3.05, 3.63) is 56.5 Å². The number of thiazole rings is 1. The molecule has 2 aliphatic rings. The lowest BCUT2D eigenvalue weighted by atomic mass is 9.95. The summed E-state index contributed by atoms with van der Waals surface area (Å²) >= 11 is 4.65. The minimum absolute atomic E-state index is 0.0227. The molecule has 0 aliphatic carbocycles. The van der Waals surface area contributed by atoms with Crippen LogP contribution in [0.2, 0.25) is 0 Å². The van der Waals surface area contributed by atoms with Crippen molar-refractivity contribution in [2.45, 2.75) is 19.0 Å². The van der Waals surface area contributed by atoms with Gasteiger partial charge < -0.3 is 24.6 Å². The molecule has 0 amide bonds. The minimum atomic E-state index is -1.03. The Morgan fingerprint density at radius 3 is 2.89 bits per heavy atom. The topological polar surface area (TPSA) is 123 Å². The predicted molar refractivity (Wildman–Crippen MR) is 133 cm³/mol. The van der Waals surface area contributed by atoms with Crippen LogP contribution in [0, 0.1) is 5.82 Å². The highest BCUT2D eigenvalue weighted by Crippen LogP contribution is 2.37. The average Bonchev–Trinajstić information content (AvgIpc) is 3.33. The summed E-state index contributed by atoms with van der Waals surface area (Å²) in [6.07, 6.45) is 1.56. The van der Waals surface area contributed by atoms with E-state index in [0.29, 0.717) is 44.8 Å². The summed E-state index contributed by atoms with van der Waals surface area (Å²) < 4.78 is 30.3. The maximum atomic E-state index is 13.9. The van der Waals surface area contributed by atoms with Gasteiger partial charge >= 0.3 is 11.9 Å². The molecule has 10 nitrogen and oxygen atoms in total. The third-order valence-corrected chi connectivity index (χ3v) is 7.30. The van der Waals surface area contributed by atoms with Gasteiger partial charge in [0.15, 0.2) is 15.9 Å². The molecule has 1 aromatic carbocycles. The smallest absolute Gasteiger partial charge is 0.338 e. The molecule has 2 aliphatic heterocycles. The Hall–Kier alpha value is -2.87. The first-order chi connectivity index (χ1) is 17.3. The van der Waals surface area contributed by atoms with Crippen LogP contribution < -0.4 is 10.1 Å². The number of hydrogen-bond donors (Lipinski definition) is 2. The molecule has 0 saturated carbocycles. The molecule has 0 radical (unpaired) electrons. The van der Waals surface area contributed by atoms with Crippen molar-refractivity contribution >= 4 is 45.0 Å². The van der Waals surface area contributed by atoms with E-state index in [9.17, 15) is 19.1 Å². The molecule has 2 unspecified atom stereocenters. The Bertz CT molecular complexity index is 1220. The Labute approximate surface area is 218 Å². The zero-order valence-corrected chi connectivity index (χ0v) is 21.9. The van der Waals surface area contributed by atoms with Crippen molar-refractivity contribution in [1.82, 2.24) is 15.2 Å². The summed E-state index contributed by atoms with van der Waals surface area (Å²) in [6, 6.07) is 2.36. The Morgan fingerprint density at radius 2 is 2.22 bits per heavy atom. The zero-order chi connectivity index (χ0) is 25.8. The molecule has 13 heteroatoms. The number of rotatable bonds is 8. The second-order valence-electron chi connectivity index (χ2n) is 7.87. The summed E-state index contributed by atoms with van der Waals surface area (Å²) in [5, 5.41) is 14.0. The first kappa shape index (κ1) is 26.2. The number of morpholine rings is 1. The monoisotopic (exact) mass is 582 g/mol. The van der Waals surface area contributed by atoms with Crippen LogP contribution in [0.1, 0.15) is 23.5 Å². The van der Waals surface area contributed by atoms with E-state index in [-0.39, 0.29) is 25.3 Å². The Balaban J connectivity index is 1.84. The van der Waals surface area contributed by atoms with Crippen molar-refractivity contribution in [2.24, 2.45) is 4.99 Å². The highest BCUT2D eigenvalue weighted by molar-refractivity contribution is 9.10. The van der Waals surface area contributed by atoms with E-state index in [0.717, 1.165) is 0 Å². The van der Waals surface area contributed by atoms with Gasteiger partial charge in [-0.3, -0.25) is 14.7 Å². The van der Waals surface area contributed by atoms with E-state index in [1.165, 1.54) is 30.6 Å².